The topological polar surface area (TPSA) is 80.3 Å². The molecule has 5 nitrogen and oxygen atoms in total. The summed E-state index contributed by atoms with van der Waals surface area (Å²) in [6.45, 7) is 0. The number of nitrogens with one attached hydrogen (secondary N) is 1. The molecule has 1 aromatic carbocycles. The summed E-state index contributed by atoms with van der Waals surface area (Å²) in [7, 11) is -5.02. The number of sulfone groups is 2. The molecule has 1 aromatic rings. The summed E-state index contributed by atoms with van der Waals surface area (Å²) in [5.74, 6) is 0.581. The number of rotatable bonds is 6. The van der Waals surface area contributed by atoms with E-state index < -0.39 is 19.7 Å². The van der Waals surface area contributed by atoms with Crippen LogP contribution in [0.4, 0.5) is 0 Å². The molecule has 1 saturated carbocycles. The predicted molar refractivity (Wildman–Crippen MR) is 81.9 cm³/mol. The van der Waals surface area contributed by atoms with Gasteiger partial charge in [-0.25, -0.2) is 16.8 Å². The lowest BCUT2D eigenvalue weighted by Gasteiger charge is -2.17. The Balaban J connectivity index is 2.45. The van der Waals surface area contributed by atoms with Gasteiger partial charge in [0.1, 0.15) is 0 Å². The van der Waals surface area contributed by atoms with Gasteiger partial charge in [0.2, 0.25) is 0 Å². The first-order valence-electron chi connectivity index (χ1n) is 6.83. The molecule has 0 saturated heterocycles. The summed E-state index contributed by atoms with van der Waals surface area (Å²) in [6, 6.07) is 4.62. The first kappa shape index (κ1) is 16.5. The van der Waals surface area contributed by atoms with E-state index in [1.807, 2.05) is 7.05 Å². The highest BCUT2D eigenvalue weighted by atomic mass is 32.2. The Morgan fingerprint density at radius 2 is 1.76 bits per heavy atom. The van der Waals surface area contributed by atoms with Crippen LogP contribution in [-0.2, 0) is 26.1 Å². The minimum atomic E-state index is -3.47. The van der Waals surface area contributed by atoms with Crippen molar-refractivity contribution in [2.75, 3.05) is 19.6 Å². The van der Waals surface area contributed by atoms with Crippen LogP contribution in [0, 0.1) is 5.92 Å². The fourth-order valence-electron chi connectivity index (χ4n) is 2.52. The maximum Gasteiger partial charge on any atom is 0.175 e. The Labute approximate surface area is 126 Å². The molecule has 0 aromatic heterocycles. The zero-order valence-corrected chi connectivity index (χ0v) is 14.1. The molecule has 1 aliphatic carbocycles. The van der Waals surface area contributed by atoms with Gasteiger partial charge in [0.25, 0.3) is 0 Å². The molecule has 0 aliphatic heterocycles. The van der Waals surface area contributed by atoms with E-state index in [0.717, 1.165) is 25.4 Å². The lowest BCUT2D eigenvalue weighted by atomic mass is 10.0. The van der Waals surface area contributed by atoms with Crippen LogP contribution in [0.1, 0.15) is 18.4 Å². The number of hydrogen-bond donors (Lipinski definition) is 1. The Bertz CT molecular complexity index is 734. The van der Waals surface area contributed by atoms with Crippen molar-refractivity contribution < 1.29 is 16.8 Å². The molecule has 118 valence electrons. The molecular weight excluding hydrogens is 310 g/mol. The van der Waals surface area contributed by atoms with Crippen LogP contribution in [0.5, 0.6) is 0 Å². The van der Waals surface area contributed by atoms with Gasteiger partial charge in [0.05, 0.1) is 9.79 Å². The Kier molecular flexibility index (Phi) is 4.46. The van der Waals surface area contributed by atoms with Crippen molar-refractivity contribution in [1.82, 2.24) is 5.32 Å². The third-order valence-electron chi connectivity index (χ3n) is 3.87. The molecule has 1 atom stereocenters. The monoisotopic (exact) mass is 331 g/mol. The molecule has 0 bridgehead atoms. The maximum absolute atomic E-state index is 12.0. The fourth-order valence-corrected chi connectivity index (χ4v) is 4.21. The van der Waals surface area contributed by atoms with E-state index in [4.69, 9.17) is 0 Å². The Morgan fingerprint density at radius 1 is 1.14 bits per heavy atom. The second-order valence-corrected chi connectivity index (χ2v) is 9.75. The molecule has 7 heteroatoms. The second kappa shape index (κ2) is 5.70. The molecule has 2 rings (SSSR count). The largest absolute Gasteiger partial charge is 0.316 e. The highest BCUT2D eigenvalue weighted by Crippen LogP contribution is 2.35. The van der Waals surface area contributed by atoms with Crippen LogP contribution in [0.3, 0.4) is 0 Å². The Morgan fingerprint density at radius 3 is 2.19 bits per heavy atom. The predicted octanol–water partition coefficient (Wildman–Crippen LogP) is 1.03. The average molecular weight is 331 g/mol. The lowest BCUT2D eigenvalue weighted by Crippen LogP contribution is -2.30. The summed E-state index contributed by atoms with van der Waals surface area (Å²) in [5.41, 5.74) is 0.677. The van der Waals surface area contributed by atoms with Crippen LogP contribution in [0.25, 0.3) is 0 Å². The molecule has 0 amide bonds. The smallest absolute Gasteiger partial charge is 0.175 e. The van der Waals surface area contributed by atoms with Gasteiger partial charge >= 0.3 is 0 Å². The third kappa shape index (κ3) is 4.05. The summed E-state index contributed by atoms with van der Waals surface area (Å²) in [4.78, 5) is 0.158. The highest BCUT2D eigenvalue weighted by molar-refractivity contribution is 7.91. The highest BCUT2D eigenvalue weighted by Gasteiger charge is 2.31. The quantitative estimate of drug-likeness (QED) is 0.842. The van der Waals surface area contributed by atoms with E-state index >= 15 is 0 Å². The molecule has 1 N–H and O–H groups in total. The van der Waals surface area contributed by atoms with Crippen molar-refractivity contribution >= 4 is 19.7 Å². The number of likely N-dealkylation sites (N-methyl/N-ethyl adjacent to an activating group) is 1. The van der Waals surface area contributed by atoms with Gasteiger partial charge in [0, 0.05) is 18.6 Å². The third-order valence-corrected chi connectivity index (χ3v) is 6.16. The molecule has 1 unspecified atom stereocenters. The fraction of sp³-hybridized carbons (Fsp3) is 0.571. The number of hydrogen-bond acceptors (Lipinski definition) is 5. The van der Waals surface area contributed by atoms with Crippen molar-refractivity contribution in [2.45, 2.75) is 35.1 Å². The first-order valence-corrected chi connectivity index (χ1v) is 10.6. The zero-order chi connectivity index (χ0) is 15.8. The van der Waals surface area contributed by atoms with E-state index in [-0.39, 0.29) is 15.8 Å². The normalized spacial score (nSPS) is 17.7. The van der Waals surface area contributed by atoms with E-state index in [0.29, 0.717) is 17.9 Å². The van der Waals surface area contributed by atoms with Gasteiger partial charge in [-0.2, -0.15) is 0 Å². The van der Waals surface area contributed by atoms with Crippen LogP contribution in [0.15, 0.2) is 28.0 Å². The first-order chi connectivity index (χ1) is 9.63. The molecule has 0 spiro atoms. The van der Waals surface area contributed by atoms with E-state index in [1.54, 1.807) is 6.07 Å². The summed E-state index contributed by atoms with van der Waals surface area (Å²) in [5, 5.41) is 3.22. The van der Waals surface area contributed by atoms with E-state index in [1.165, 1.54) is 12.1 Å². The molecule has 1 fully saturated rings. The summed E-state index contributed by atoms with van der Waals surface area (Å²) >= 11 is 0. The maximum atomic E-state index is 12.0. The molecule has 21 heavy (non-hydrogen) atoms. The lowest BCUT2D eigenvalue weighted by molar-refractivity contribution is 0.496. The minimum Gasteiger partial charge on any atom is -0.316 e. The second-order valence-electron chi connectivity index (χ2n) is 5.75. The molecular formula is C14H21NO4S2. The van der Waals surface area contributed by atoms with Crippen molar-refractivity contribution in [1.29, 1.82) is 0 Å². The van der Waals surface area contributed by atoms with Crippen LogP contribution >= 0.6 is 0 Å². The van der Waals surface area contributed by atoms with Crippen LogP contribution in [0.2, 0.25) is 0 Å². The minimum absolute atomic E-state index is 0.0408. The van der Waals surface area contributed by atoms with Gasteiger partial charge in [-0.15, -0.1) is 0 Å². The van der Waals surface area contributed by atoms with Crippen LogP contribution in [-0.4, -0.2) is 42.4 Å². The van der Waals surface area contributed by atoms with Crippen molar-refractivity contribution in [3.8, 4) is 0 Å². The van der Waals surface area contributed by atoms with Gasteiger partial charge in [0.15, 0.2) is 19.7 Å². The van der Waals surface area contributed by atoms with Gasteiger partial charge in [-0.1, -0.05) is 6.07 Å². The standard InChI is InChI=1S/C14H21NO4S2/c1-15-13(10-4-5-10)8-11-6-7-12(20(2,16)17)9-14(11)21(3,18)19/h6-7,9-10,13,15H,4-5,8H2,1-3H3. The molecule has 0 radical (unpaired) electrons. The van der Waals surface area contributed by atoms with E-state index in [9.17, 15) is 16.8 Å². The van der Waals surface area contributed by atoms with Crippen molar-refractivity contribution in [2.24, 2.45) is 5.92 Å². The summed E-state index contributed by atoms with van der Waals surface area (Å²) in [6.07, 6.45) is 5.09. The van der Waals surface area contributed by atoms with Gasteiger partial charge in [-0.3, -0.25) is 0 Å². The molecule has 1 aliphatic rings. The van der Waals surface area contributed by atoms with Gasteiger partial charge in [-0.05, 0) is 49.9 Å². The van der Waals surface area contributed by atoms with Crippen molar-refractivity contribution in [3.05, 3.63) is 23.8 Å². The summed E-state index contributed by atoms with van der Waals surface area (Å²) < 4.78 is 47.2. The zero-order valence-electron chi connectivity index (χ0n) is 12.5. The van der Waals surface area contributed by atoms with Gasteiger partial charge < -0.3 is 5.32 Å². The van der Waals surface area contributed by atoms with Crippen LogP contribution < -0.4 is 5.32 Å². The average Bonchev–Trinajstić information content (AvgIpc) is 3.17. The SMILES string of the molecule is CNC(Cc1ccc(S(C)(=O)=O)cc1S(C)(=O)=O)C1CC1. The Hall–Kier alpha value is -0.920. The number of benzene rings is 1. The van der Waals surface area contributed by atoms with Crippen molar-refractivity contribution in [3.63, 3.8) is 0 Å². The van der Waals surface area contributed by atoms with E-state index in [2.05, 4.69) is 5.32 Å². The molecule has 0 heterocycles.